The molecule has 0 aliphatic carbocycles. The summed E-state index contributed by atoms with van der Waals surface area (Å²) in [5.41, 5.74) is 2.58. The molecule has 22 heavy (non-hydrogen) atoms. The molecule has 1 amide bonds. The molecule has 1 heterocycles. The molecule has 118 valence electrons. The molecule has 0 aliphatic rings. The van der Waals surface area contributed by atoms with Crippen molar-refractivity contribution in [2.24, 2.45) is 5.41 Å². The topological polar surface area (TPSA) is 42.0 Å². The van der Waals surface area contributed by atoms with Gasteiger partial charge in [0.2, 0.25) is 5.91 Å². The van der Waals surface area contributed by atoms with Crippen LogP contribution in [0.3, 0.4) is 0 Å². The van der Waals surface area contributed by atoms with Gasteiger partial charge in [0, 0.05) is 23.9 Å². The lowest BCUT2D eigenvalue weighted by molar-refractivity contribution is -0.122. The number of rotatable bonds is 5. The predicted molar refractivity (Wildman–Crippen MR) is 92.0 cm³/mol. The van der Waals surface area contributed by atoms with Crippen molar-refractivity contribution in [1.29, 1.82) is 0 Å². The standard InChI is InChI=1S/C18H24N2OS/c1-13-5-7-14(8-6-13)9-15-11-20-17(22-15)12-19-16(21)10-18(2,3)4/h5-8,11H,9-10,12H2,1-4H3,(H,19,21). The van der Waals surface area contributed by atoms with E-state index in [0.29, 0.717) is 13.0 Å². The minimum Gasteiger partial charge on any atom is -0.350 e. The number of nitrogens with zero attached hydrogens (tertiary/aromatic N) is 1. The van der Waals surface area contributed by atoms with Crippen molar-refractivity contribution in [1.82, 2.24) is 10.3 Å². The molecule has 2 aromatic rings. The number of aromatic nitrogens is 1. The number of thiazole rings is 1. The molecule has 0 unspecified atom stereocenters. The van der Waals surface area contributed by atoms with Crippen LogP contribution in [0.4, 0.5) is 0 Å². The predicted octanol–water partition coefficient (Wildman–Crippen LogP) is 4.09. The van der Waals surface area contributed by atoms with Gasteiger partial charge in [-0.3, -0.25) is 4.79 Å². The summed E-state index contributed by atoms with van der Waals surface area (Å²) in [7, 11) is 0. The van der Waals surface area contributed by atoms with E-state index in [4.69, 9.17) is 0 Å². The first kappa shape index (κ1) is 16.7. The second kappa shape index (κ2) is 7.05. The molecule has 0 bridgehead atoms. The molecule has 0 aliphatic heterocycles. The lowest BCUT2D eigenvalue weighted by Crippen LogP contribution is -2.27. The zero-order valence-electron chi connectivity index (χ0n) is 13.8. The summed E-state index contributed by atoms with van der Waals surface area (Å²) in [6, 6.07) is 8.56. The summed E-state index contributed by atoms with van der Waals surface area (Å²) in [5, 5.41) is 3.91. The molecule has 0 fully saturated rings. The maximum absolute atomic E-state index is 11.8. The minimum atomic E-state index is 0.0174. The van der Waals surface area contributed by atoms with Gasteiger partial charge < -0.3 is 5.32 Å². The fraction of sp³-hybridized carbons (Fsp3) is 0.444. The first-order valence-electron chi connectivity index (χ1n) is 7.58. The van der Waals surface area contributed by atoms with E-state index in [0.717, 1.165) is 11.4 Å². The molecule has 2 rings (SSSR count). The average Bonchev–Trinajstić information content (AvgIpc) is 2.85. The van der Waals surface area contributed by atoms with E-state index in [-0.39, 0.29) is 11.3 Å². The fourth-order valence-corrected chi connectivity index (χ4v) is 3.03. The highest BCUT2D eigenvalue weighted by molar-refractivity contribution is 7.11. The van der Waals surface area contributed by atoms with E-state index in [1.165, 1.54) is 16.0 Å². The first-order chi connectivity index (χ1) is 10.3. The molecule has 4 heteroatoms. The van der Waals surface area contributed by atoms with Gasteiger partial charge in [0.1, 0.15) is 5.01 Å². The Kier molecular flexibility index (Phi) is 5.35. The maximum atomic E-state index is 11.8. The van der Waals surface area contributed by atoms with Crippen molar-refractivity contribution >= 4 is 17.2 Å². The van der Waals surface area contributed by atoms with Crippen molar-refractivity contribution in [2.45, 2.75) is 47.1 Å². The summed E-state index contributed by atoms with van der Waals surface area (Å²) >= 11 is 1.67. The lowest BCUT2D eigenvalue weighted by Gasteiger charge is -2.16. The molecule has 0 atom stereocenters. The molecule has 0 saturated heterocycles. The number of carbonyl (C=O) groups excluding carboxylic acids is 1. The highest BCUT2D eigenvalue weighted by atomic mass is 32.1. The number of hydrogen-bond acceptors (Lipinski definition) is 3. The first-order valence-corrected chi connectivity index (χ1v) is 8.39. The SMILES string of the molecule is Cc1ccc(Cc2cnc(CNC(=O)CC(C)(C)C)s2)cc1. The van der Waals surface area contributed by atoms with Crippen molar-refractivity contribution < 1.29 is 4.79 Å². The number of hydrogen-bond donors (Lipinski definition) is 1. The maximum Gasteiger partial charge on any atom is 0.220 e. The molecule has 1 aromatic heterocycles. The van der Waals surface area contributed by atoms with Crippen LogP contribution in [0.25, 0.3) is 0 Å². The summed E-state index contributed by atoms with van der Waals surface area (Å²) < 4.78 is 0. The Morgan fingerprint density at radius 2 is 1.91 bits per heavy atom. The van der Waals surface area contributed by atoms with Crippen molar-refractivity contribution in [3.63, 3.8) is 0 Å². The third kappa shape index (κ3) is 5.60. The molecule has 1 aromatic carbocycles. The molecule has 0 saturated carbocycles. The van der Waals surface area contributed by atoms with Gasteiger partial charge in [-0.15, -0.1) is 11.3 Å². The van der Waals surface area contributed by atoms with Crippen molar-refractivity contribution in [3.8, 4) is 0 Å². The van der Waals surface area contributed by atoms with E-state index in [2.05, 4.69) is 62.3 Å². The zero-order valence-corrected chi connectivity index (χ0v) is 14.6. The highest BCUT2D eigenvalue weighted by Crippen LogP contribution is 2.19. The van der Waals surface area contributed by atoms with Crippen LogP contribution in [-0.4, -0.2) is 10.9 Å². The van der Waals surface area contributed by atoms with Gasteiger partial charge in [-0.05, 0) is 17.9 Å². The van der Waals surface area contributed by atoms with E-state index in [1.54, 1.807) is 11.3 Å². The lowest BCUT2D eigenvalue weighted by atomic mass is 9.92. The number of nitrogens with one attached hydrogen (secondary N) is 1. The van der Waals surface area contributed by atoms with Crippen LogP contribution in [0.15, 0.2) is 30.5 Å². The molecule has 1 N–H and O–H groups in total. The zero-order chi connectivity index (χ0) is 16.2. The normalized spacial score (nSPS) is 11.5. The highest BCUT2D eigenvalue weighted by Gasteiger charge is 2.15. The fourth-order valence-electron chi connectivity index (χ4n) is 2.14. The second-order valence-electron chi connectivity index (χ2n) is 6.90. The van der Waals surface area contributed by atoms with Crippen LogP contribution in [0.5, 0.6) is 0 Å². The number of aryl methyl sites for hydroxylation is 1. The number of benzene rings is 1. The van der Waals surface area contributed by atoms with E-state index < -0.39 is 0 Å². The molecule has 3 nitrogen and oxygen atoms in total. The van der Waals surface area contributed by atoms with Gasteiger partial charge in [-0.1, -0.05) is 50.6 Å². The second-order valence-corrected chi connectivity index (χ2v) is 8.10. The molecule has 0 radical (unpaired) electrons. The summed E-state index contributed by atoms with van der Waals surface area (Å²) in [5.74, 6) is 0.0859. The van der Waals surface area contributed by atoms with E-state index in [1.807, 2.05) is 6.20 Å². The number of amides is 1. The van der Waals surface area contributed by atoms with Gasteiger partial charge in [0.15, 0.2) is 0 Å². The molecule has 0 spiro atoms. The Morgan fingerprint density at radius 1 is 1.23 bits per heavy atom. The smallest absolute Gasteiger partial charge is 0.220 e. The molecular formula is C18H24N2OS. The van der Waals surface area contributed by atoms with E-state index in [9.17, 15) is 4.79 Å². The van der Waals surface area contributed by atoms with Crippen molar-refractivity contribution in [3.05, 3.63) is 51.5 Å². The third-order valence-corrected chi connectivity index (χ3v) is 4.23. The van der Waals surface area contributed by atoms with Crippen LogP contribution in [0.1, 0.15) is 48.2 Å². The summed E-state index contributed by atoms with van der Waals surface area (Å²) in [6.45, 7) is 8.81. The van der Waals surface area contributed by atoms with E-state index >= 15 is 0 Å². The van der Waals surface area contributed by atoms with Gasteiger partial charge >= 0.3 is 0 Å². The quantitative estimate of drug-likeness (QED) is 0.902. The van der Waals surface area contributed by atoms with Crippen molar-refractivity contribution in [2.75, 3.05) is 0 Å². The largest absolute Gasteiger partial charge is 0.350 e. The Bertz CT molecular complexity index is 623. The van der Waals surface area contributed by atoms with Crippen LogP contribution < -0.4 is 5.32 Å². The summed E-state index contributed by atoms with van der Waals surface area (Å²) in [4.78, 5) is 17.5. The Balaban J connectivity index is 1.86. The minimum absolute atomic E-state index is 0.0174. The van der Waals surface area contributed by atoms with Gasteiger partial charge in [0.05, 0.1) is 6.54 Å². The third-order valence-electron chi connectivity index (χ3n) is 3.23. The van der Waals surface area contributed by atoms with Crippen LogP contribution in [-0.2, 0) is 17.8 Å². The van der Waals surface area contributed by atoms with Gasteiger partial charge in [-0.25, -0.2) is 4.98 Å². The monoisotopic (exact) mass is 316 g/mol. The van der Waals surface area contributed by atoms with Crippen LogP contribution in [0.2, 0.25) is 0 Å². The van der Waals surface area contributed by atoms with Crippen LogP contribution >= 0.6 is 11.3 Å². The number of carbonyl (C=O) groups is 1. The summed E-state index contributed by atoms with van der Waals surface area (Å²) in [6.07, 6.45) is 3.35. The average molecular weight is 316 g/mol. The Hall–Kier alpha value is -1.68. The van der Waals surface area contributed by atoms with Gasteiger partial charge in [-0.2, -0.15) is 0 Å². The van der Waals surface area contributed by atoms with Gasteiger partial charge in [0.25, 0.3) is 0 Å². The Labute approximate surface area is 136 Å². The molecular weight excluding hydrogens is 292 g/mol. The van der Waals surface area contributed by atoms with Crippen LogP contribution in [0, 0.1) is 12.3 Å². The Morgan fingerprint density at radius 3 is 2.55 bits per heavy atom.